The molecule has 0 aliphatic heterocycles. The molecule has 5 heteroatoms. The lowest BCUT2D eigenvalue weighted by atomic mass is 10.2. The van der Waals surface area contributed by atoms with Gasteiger partial charge in [-0.15, -0.1) is 0 Å². The highest BCUT2D eigenvalue weighted by Gasteiger charge is 2.15. The molecule has 1 N–H and O–H groups in total. The summed E-state index contributed by atoms with van der Waals surface area (Å²) in [6, 6.07) is 14.2. The smallest absolute Gasteiger partial charge is 0.237 e. The highest BCUT2D eigenvalue weighted by Crippen LogP contribution is 2.10. The molecule has 1 amide bonds. The largest absolute Gasteiger partial charge is 0.382 e. The number of carbonyl (C=O) groups excluding carboxylic acids is 1. The van der Waals surface area contributed by atoms with Gasteiger partial charge in [0.2, 0.25) is 5.91 Å². The van der Waals surface area contributed by atoms with Crippen LogP contribution in [-0.2, 0) is 29.7 Å². The van der Waals surface area contributed by atoms with E-state index in [2.05, 4.69) is 28.1 Å². The van der Waals surface area contributed by atoms with Gasteiger partial charge in [-0.2, -0.15) is 0 Å². The van der Waals surface area contributed by atoms with E-state index in [1.165, 1.54) is 0 Å². The Hall–Kier alpha value is -2.11. The fourth-order valence-electron chi connectivity index (χ4n) is 2.64. The molecule has 0 bridgehead atoms. The molecule has 0 aliphatic rings. The zero-order valence-electron chi connectivity index (χ0n) is 15.3. The third kappa shape index (κ3) is 6.72. The number of nitrogens with one attached hydrogen (secondary N) is 1. The molecule has 0 fully saturated rings. The lowest BCUT2D eigenvalue weighted by molar-refractivity contribution is -0.131. The number of amides is 1. The summed E-state index contributed by atoms with van der Waals surface area (Å²) in [4.78, 5) is 14.6. The van der Waals surface area contributed by atoms with Gasteiger partial charge in [0.15, 0.2) is 0 Å². The van der Waals surface area contributed by atoms with Crippen LogP contribution in [0.5, 0.6) is 0 Å². The lowest BCUT2D eigenvalue weighted by Gasteiger charge is -2.23. The summed E-state index contributed by atoms with van der Waals surface area (Å²) in [6.45, 7) is 5.82. The molecule has 5 nitrogen and oxygen atoms in total. The summed E-state index contributed by atoms with van der Waals surface area (Å²) in [6.07, 6.45) is 2.92. The zero-order valence-corrected chi connectivity index (χ0v) is 15.3. The molecule has 1 aromatic carbocycles. The van der Waals surface area contributed by atoms with Crippen LogP contribution in [-0.4, -0.2) is 41.7 Å². The Morgan fingerprint density at radius 2 is 1.96 bits per heavy atom. The molecule has 2 rings (SSSR count). The Morgan fingerprint density at radius 1 is 1.16 bits per heavy atom. The van der Waals surface area contributed by atoms with E-state index in [0.29, 0.717) is 19.6 Å². The number of aromatic nitrogens is 1. The van der Waals surface area contributed by atoms with E-state index in [1.807, 2.05) is 49.3 Å². The van der Waals surface area contributed by atoms with Crippen LogP contribution in [0.1, 0.15) is 24.6 Å². The first-order valence-corrected chi connectivity index (χ1v) is 8.91. The minimum absolute atomic E-state index is 0.112. The average molecular weight is 343 g/mol. The maximum Gasteiger partial charge on any atom is 0.237 e. The summed E-state index contributed by atoms with van der Waals surface area (Å²) in [5.74, 6) is 0.112. The van der Waals surface area contributed by atoms with Crippen LogP contribution in [0.15, 0.2) is 48.7 Å². The van der Waals surface area contributed by atoms with E-state index in [4.69, 9.17) is 4.74 Å². The molecule has 0 radical (unpaired) electrons. The van der Waals surface area contributed by atoms with Gasteiger partial charge in [0.1, 0.15) is 0 Å². The number of aryl methyl sites for hydroxylation is 1. The van der Waals surface area contributed by atoms with Crippen LogP contribution >= 0.6 is 0 Å². The number of rotatable bonds is 11. The van der Waals surface area contributed by atoms with Crippen molar-refractivity contribution in [1.29, 1.82) is 0 Å². The average Bonchev–Trinajstić information content (AvgIpc) is 3.03. The normalized spacial score (nSPS) is 10.8. The molecule has 136 valence electrons. The van der Waals surface area contributed by atoms with Crippen LogP contribution < -0.4 is 5.32 Å². The first-order chi connectivity index (χ1) is 12.2. The number of benzene rings is 1. The van der Waals surface area contributed by atoms with Crippen molar-refractivity contribution in [3.63, 3.8) is 0 Å². The van der Waals surface area contributed by atoms with Gasteiger partial charge in [-0.25, -0.2) is 0 Å². The Kier molecular flexibility index (Phi) is 8.22. The second-order valence-corrected chi connectivity index (χ2v) is 6.07. The van der Waals surface area contributed by atoms with E-state index in [9.17, 15) is 4.79 Å². The summed E-state index contributed by atoms with van der Waals surface area (Å²) in [7, 11) is 2.01. The Bertz CT molecular complexity index is 625. The van der Waals surface area contributed by atoms with Gasteiger partial charge in [0, 0.05) is 38.7 Å². The molecule has 1 aromatic heterocycles. The van der Waals surface area contributed by atoms with Gasteiger partial charge in [0.05, 0.1) is 13.1 Å². The summed E-state index contributed by atoms with van der Waals surface area (Å²) in [5, 5.41) is 3.23. The molecule has 1 heterocycles. The van der Waals surface area contributed by atoms with Crippen molar-refractivity contribution in [2.75, 3.05) is 26.3 Å². The van der Waals surface area contributed by atoms with Crippen molar-refractivity contribution in [1.82, 2.24) is 14.8 Å². The Morgan fingerprint density at radius 3 is 2.64 bits per heavy atom. The predicted molar refractivity (Wildman–Crippen MR) is 100 cm³/mol. The van der Waals surface area contributed by atoms with E-state index >= 15 is 0 Å². The van der Waals surface area contributed by atoms with Gasteiger partial charge >= 0.3 is 0 Å². The van der Waals surface area contributed by atoms with Crippen LogP contribution in [0.2, 0.25) is 0 Å². The van der Waals surface area contributed by atoms with Crippen molar-refractivity contribution in [3.05, 3.63) is 59.9 Å². The van der Waals surface area contributed by atoms with Gasteiger partial charge in [0.25, 0.3) is 0 Å². The minimum atomic E-state index is 0.112. The monoisotopic (exact) mass is 343 g/mol. The first kappa shape index (κ1) is 19.2. The molecule has 0 aliphatic carbocycles. The fraction of sp³-hybridized carbons (Fsp3) is 0.450. The molecule has 25 heavy (non-hydrogen) atoms. The highest BCUT2D eigenvalue weighted by atomic mass is 16.5. The topological polar surface area (TPSA) is 46.5 Å². The maximum absolute atomic E-state index is 12.7. The molecule has 0 saturated heterocycles. The summed E-state index contributed by atoms with van der Waals surface area (Å²) < 4.78 is 7.37. The maximum atomic E-state index is 12.7. The molecular formula is C20H29N3O2. The van der Waals surface area contributed by atoms with E-state index in [-0.39, 0.29) is 5.91 Å². The highest BCUT2D eigenvalue weighted by molar-refractivity contribution is 5.78. The van der Waals surface area contributed by atoms with Crippen molar-refractivity contribution >= 4 is 5.91 Å². The van der Waals surface area contributed by atoms with Crippen LogP contribution in [0.3, 0.4) is 0 Å². The van der Waals surface area contributed by atoms with E-state index in [1.54, 1.807) is 0 Å². The Balaban J connectivity index is 1.91. The molecule has 2 aromatic rings. The predicted octanol–water partition coefficient (Wildman–Crippen LogP) is 2.57. The van der Waals surface area contributed by atoms with Crippen molar-refractivity contribution in [2.45, 2.75) is 26.4 Å². The lowest BCUT2D eigenvalue weighted by Crippen LogP contribution is -2.38. The summed E-state index contributed by atoms with van der Waals surface area (Å²) >= 11 is 0. The van der Waals surface area contributed by atoms with E-state index < -0.39 is 0 Å². The molecule has 0 saturated carbocycles. The third-order valence-corrected chi connectivity index (χ3v) is 4.10. The van der Waals surface area contributed by atoms with Gasteiger partial charge < -0.3 is 19.5 Å². The van der Waals surface area contributed by atoms with Crippen LogP contribution in [0.25, 0.3) is 0 Å². The Labute approximate surface area is 150 Å². The second kappa shape index (κ2) is 10.7. The number of carbonyl (C=O) groups is 1. The molecule has 0 spiro atoms. The second-order valence-electron chi connectivity index (χ2n) is 6.07. The number of hydrogen-bond donors (Lipinski definition) is 1. The minimum Gasteiger partial charge on any atom is -0.382 e. The number of hydrogen-bond acceptors (Lipinski definition) is 3. The zero-order chi connectivity index (χ0) is 17.9. The quantitative estimate of drug-likeness (QED) is 0.638. The molecule has 0 unspecified atom stereocenters. The van der Waals surface area contributed by atoms with Gasteiger partial charge in [-0.05, 0) is 37.6 Å². The van der Waals surface area contributed by atoms with Crippen molar-refractivity contribution in [3.8, 4) is 0 Å². The van der Waals surface area contributed by atoms with Crippen LogP contribution in [0, 0.1) is 0 Å². The fourth-order valence-corrected chi connectivity index (χ4v) is 2.64. The molecule has 0 atom stereocenters. The van der Waals surface area contributed by atoms with Crippen molar-refractivity contribution in [2.24, 2.45) is 7.05 Å². The molecular weight excluding hydrogens is 314 g/mol. The first-order valence-electron chi connectivity index (χ1n) is 8.91. The number of nitrogens with zero attached hydrogens (tertiary/aromatic N) is 2. The SMILES string of the molecule is CCOCCCNCC(=O)N(Cc1ccccc1)Cc1cccn1C. The summed E-state index contributed by atoms with van der Waals surface area (Å²) in [5.41, 5.74) is 2.27. The van der Waals surface area contributed by atoms with Gasteiger partial charge in [-0.1, -0.05) is 30.3 Å². The van der Waals surface area contributed by atoms with Crippen molar-refractivity contribution < 1.29 is 9.53 Å². The standard InChI is InChI=1S/C20H29N3O2/c1-3-25-14-8-12-21-15-20(24)23(16-18-9-5-4-6-10-18)17-19-11-7-13-22(19)2/h4-7,9-11,13,21H,3,8,12,14-17H2,1-2H3. The third-order valence-electron chi connectivity index (χ3n) is 4.10. The van der Waals surface area contributed by atoms with Crippen LogP contribution in [0.4, 0.5) is 0 Å². The number of ether oxygens (including phenoxy) is 1. The van der Waals surface area contributed by atoms with E-state index in [0.717, 1.165) is 37.4 Å². The van der Waals surface area contributed by atoms with Gasteiger partial charge in [-0.3, -0.25) is 4.79 Å².